The van der Waals surface area contributed by atoms with E-state index in [2.05, 4.69) is 2.44 Å². The third-order valence-electron chi connectivity index (χ3n) is 0. The van der Waals surface area contributed by atoms with Gasteiger partial charge < -0.3 is 24.8 Å². The molecule has 0 aliphatic heterocycles. The van der Waals surface area contributed by atoms with Gasteiger partial charge in [0.2, 0.25) is 0 Å². The van der Waals surface area contributed by atoms with E-state index in [9.17, 15) is 0 Å². The Morgan fingerprint density at radius 1 is 1.00 bits per heavy atom. The Hall–Kier alpha value is 1.96. The summed E-state index contributed by atoms with van der Waals surface area (Å²) >= 11 is 1.31. The average Bonchev–Trinajstić information content (AvgIpc) is 1.00. The summed E-state index contributed by atoms with van der Waals surface area (Å²) in [4.78, 5) is 0. The van der Waals surface area contributed by atoms with Crippen LogP contribution in [0.4, 0.5) is 0 Å². The van der Waals surface area contributed by atoms with Crippen LogP contribution in [0.25, 0.3) is 0 Å². The summed E-state index contributed by atoms with van der Waals surface area (Å²) in [7, 11) is 0. The van der Waals surface area contributed by atoms with Crippen molar-refractivity contribution in [3.63, 3.8) is 0 Å². The molecule has 0 N–H and O–H groups in total. The van der Waals surface area contributed by atoms with Crippen LogP contribution in [0.2, 0.25) is 2.44 Å². The van der Waals surface area contributed by atoms with E-state index in [0.29, 0.717) is 0 Å². The maximum atomic E-state index is 2.14. The second-order valence-electron chi connectivity index (χ2n) is 0. The van der Waals surface area contributed by atoms with Gasteiger partial charge in [0.1, 0.15) is 0 Å². The molecule has 0 aliphatic rings. The molecule has 0 nitrogen and oxygen atoms in total. The molecular formula is CH3CeCl2. The molecule has 0 unspecified atom stereocenters. The molecule has 4 heavy (non-hydrogen) atoms. The third kappa shape index (κ3) is 9.03. The fourth-order valence-electron chi connectivity index (χ4n) is 0. The van der Waals surface area contributed by atoms with Crippen molar-refractivity contribution in [1.29, 1.82) is 0 Å². The van der Waals surface area contributed by atoms with Gasteiger partial charge in [-0.15, -0.1) is 0 Å². The fourth-order valence-corrected chi connectivity index (χ4v) is 0. The minimum atomic E-state index is 0. The van der Waals surface area contributed by atoms with Crippen LogP contribution in [0.1, 0.15) is 0 Å². The Morgan fingerprint density at radius 2 is 1.00 bits per heavy atom. The maximum absolute atomic E-state index is 2.14. The van der Waals surface area contributed by atoms with Crippen molar-refractivity contribution < 1.29 is 64.5 Å². The molecule has 0 aromatic carbocycles. The van der Waals surface area contributed by atoms with Crippen LogP contribution in [0.15, 0.2) is 0 Å². The molecular weight excluding hydrogens is 223 g/mol. The molecule has 0 atom stereocenters. The van der Waals surface area contributed by atoms with Crippen LogP contribution >= 0.6 is 0 Å². The van der Waals surface area contributed by atoms with Gasteiger partial charge in [0.05, 0.1) is 0 Å². The summed E-state index contributed by atoms with van der Waals surface area (Å²) in [6.45, 7) is 0. The van der Waals surface area contributed by atoms with Gasteiger partial charge in [0, 0.05) is 0 Å². The van der Waals surface area contributed by atoms with Crippen molar-refractivity contribution in [2.75, 3.05) is 0 Å². The third-order valence-corrected chi connectivity index (χ3v) is 0. The molecule has 0 heterocycles. The summed E-state index contributed by atoms with van der Waals surface area (Å²) in [6.07, 6.45) is 0. The van der Waals surface area contributed by atoms with E-state index in [0.717, 1.165) is 0 Å². The van der Waals surface area contributed by atoms with Gasteiger partial charge in [-0.3, -0.25) is 0 Å². The van der Waals surface area contributed by atoms with Crippen molar-refractivity contribution >= 4 is 0 Å². The van der Waals surface area contributed by atoms with Gasteiger partial charge in [0.15, 0.2) is 0 Å². The van der Waals surface area contributed by atoms with E-state index in [1.807, 2.05) is 0 Å². The zero-order chi connectivity index (χ0) is 2.00. The van der Waals surface area contributed by atoms with Crippen LogP contribution in [0, 0.1) is 39.6 Å². The van der Waals surface area contributed by atoms with Crippen LogP contribution in [-0.2, 0) is 0 Å². The molecule has 25 valence electrons. The molecule has 0 aromatic rings. The first kappa shape index (κ1) is 16.7. The SMILES string of the molecule is [CH3][Ce+2].[Cl-].[Cl-]. The maximum Gasteiger partial charge on any atom is -1.00 e. The van der Waals surface area contributed by atoms with E-state index < -0.39 is 0 Å². The Labute approximate surface area is 65.8 Å². The zero-order valence-corrected chi connectivity index (χ0v) is 6.91. The summed E-state index contributed by atoms with van der Waals surface area (Å²) in [6, 6.07) is 0. The van der Waals surface area contributed by atoms with Gasteiger partial charge >= 0.3 is 42.1 Å². The molecule has 3 heteroatoms. The number of hydrogen-bond donors (Lipinski definition) is 0. The van der Waals surface area contributed by atoms with Crippen LogP contribution in [-0.4, -0.2) is 0 Å². The minimum absolute atomic E-state index is 0. The van der Waals surface area contributed by atoms with Gasteiger partial charge in [-0.25, -0.2) is 0 Å². The number of halogens is 2. The predicted molar refractivity (Wildman–Crippen MR) is 5.86 cm³/mol. The molecule has 0 saturated heterocycles. The van der Waals surface area contributed by atoms with E-state index in [1.165, 1.54) is 39.6 Å². The molecule has 0 rings (SSSR count). The van der Waals surface area contributed by atoms with Crippen molar-refractivity contribution in [3.05, 3.63) is 0 Å². The first-order valence-electron chi connectivity index (χ1n) is 0.500. The fraction of sp³-hybridized carbons (Fsp3) is 1.00. The van der Waals surface area contributed by atoms with Crippen molar-refractivity contribution in [2.24, 2.45) is 0 Å². The second-order valence-corrected chi connectivity index (χ2v) is 0. The summed E-state index contributed by atoms with van der Waals surface area (Å²) in [5.41, 5.74) is 0. The van der Waals surface area contributed by atoms with Crippen LogP contribution in [0.3, 0.4) is 0 Å². The molecule has 0 radical (unpaired) electrons. The first-order chi connectivity index (χ1) is 1.00. The quantitative estimate of drug-likeness (QED) is 0.387. The topological polar surface area (TPSA) is 0 Å². The number of rotatable bonds is 0. The van der Waals surface area contributed by atoms with Gasteiger partial charge in [-0.05, 0) is 0 Å². The van der Waals surface area contributed by atoms with Crippen molar-refractivity contribution in [1.82, 2.24) is 0 Å². The van der Waals surface area contributed by atoms with E-state index >= 15 is 0 Å². The summed E-state index contributed by atoms with van der Waals surface area (Å²) in [5.74, 6) is 0. The van der Waals surface area contributed by atoms with E-state index in [1.54, 1.807) is 0 Å². The molecule has 0 bridgehead atoms. The molecule has 0 amide bonds. The smallest absolute Gasteiger partial charge is 1.00 e. The molecule has 0 saturated carbocycles. The average molecular weight is 226 g/mol. The van der Waals surface area contributed by atoms with Crippen LogP contribution < -0.4 is 24.8 Å². The standard InChI is InChI=1S/CH3.Ce.2ClH/h1H3;;2*1H/q;+2;;/p-2. The Morgan fingerprint density at radius 3 is 1.00 bits per heavy atom. The van der Waals surface area contributed by atoms with E-state index in [-0.39, 0.29) is 24.8 Å². The predicted octanol–water partition coefficient (Wildman–Crippen LogP) is -5.41. The van der Waals surface area contributed by atoms with Gasteiger partial charge in [-0.1, -0.05) is 0 Å². The van der Waals surface area contributed by atoms with Crippen LogP contribution in [0.5, 0.6) is 0 Å². The van der Waals surface area contributed by atoms with Gasteiger partial charge in [-0.2, -0.15) is 0 Å². The van der Waals surface area contributed by atoms with Crippen molar-refractivity contribution in [3.8, 4) is 0 Å². The Balaban J connectivity index is -0.00000000500. The molecule has 0 fully saturated rings. The molecule has 0 spiro atoms. The normalized spacial score (nSPS) is 1.75. The minimum Gasteiger partial charge on any atom is -1.00 e. The second kappa shape index (κ2) is 20.3. The van der Waals surface area contributed by atoms with Crippen molar-refractivity contribution in [2.45, 2.75) is 2.44 Å². The first-order valence-corrected chi connectivity index (χ1v) is 3.64. The molecule has 0 aromatic heterocycles. The largest absolute Gasteiger partial charge is 1.00 e. The van der Waals surface area contributed by atoms with E-state index in [4.69, 9.17) is 0 Å². The summed E-state index contributed by atoms with van der Waals surface area (Å²) < 4.78 is 2.14. The monoisotopic (exact) mass is 225 g/mol. The molecule has 0 aliphatic carbocycles. The zero-order valence-electron chi connectivity index (χ0n) is 2.26. The van der Waals surface area contributed by atoms with Gasteiger partial charge in [0.25, 0.3) is 0 Å². The Bertz CT molecular complexity index is 6.00. The Kier molecular flexibility index (Phi) is 84.8. The summed E-state index contributed by atoms with van der Waals surface area (Å²) in [5, 5.41) is 0. The number of hydrogen-bond acceptors (Lipinski definition) is 0.